The van der Waals surface area contributed by atoms with E-state index in [1.165, 1.54) is 52.0 Å². The predicted octanol–water partition coefficient (Wildman–Crippen LogP) is 2.26. The molecular weight excluding hydrogens is 854 g/mol. The van der Waals surface area contributed by atoms with E-state index in [0.717, 1.165) is 6.92 Å². The monoisotopic (exact) mass is 909 g/mol. The minimum atomic E-state index is -2.49. The zero-order chi connectivity index (χ0) is 48.0. The van der Waals surface area contributed by atoms with Gasteiger partial charge >= 0.3 is 35.9 Å². The number of ether oxygens (including phenoxy) is 6. The fraction of sp³-hybridized carbons (Fsp3) is 0.543. The number of hydrogen-bond acceptors (Lipinski definition) is 17. The quantitative estimate of drug-likeness (QED) is 0.0955. The lowest BCUT2D eigenvalue weighted by Gasteiger charge is -2.67. The van der Waals surface area contributed by atoms with Crippen molar-refractivity contribution in [3.8, 4) is 0 Å². The summed E-state index contributed by atoms with van der Waals surface area (Å²) < 4.78 is 35.0. The van der Waals surface area contributed by atoms with Gasteiger partial charge in [0, 0.05) is 25.2 Å². The first kappa shape index (κ1) is 48.7. The minimum absolute atomic E-state index is 0.0159. The number of carbonyl (C=O) groups excluding carboxylic acids is 6. The number of carboxylic acid groups (broad SMARTS) is 1. The van der Waals surface area contributed by atoms with Crippen LogP contribution in [0.15, 0.2) is 71.8 Å². The van der Waals surface area contributed by atoms with Crippen LogP contribution in [0.2, 0.25) is 0 Å². The van der Waals surface area contributed by atoms with Crippen LogP contribution in [0.4, 0.5) is 4.79 Å². The van der Waals surface area contributed by atoms with Crippen molar-refractivity contribution in [3.05, 3.63) is 82.9 Å². The largest absolute Gasteiger partial charge is 0.479 e. The van der Waals surface area contributed by atoms with Gasteiger partial charge in [-0.25, -0.2) is 19.2 Å². The highest BCUT2D eigenvalue weighted by molar-refractivity contribution is 5.94. The number of amides is 1. The number of carbonyl (C=O) groups is 7. The summed E-state index contributed by atoms with van der Waals surface area (Å²) in [7, 11) is 0. The average molecular weight is 910 g/mol. The average Bonchev–Trinajstić information content (AvgIpc) is 3.23. The molecule has 1 unspecified atom stereocenters. The maximum Gasteiger partial charge on any atom is 0.408 e. The first-order valence-electron chi connectivity index (χ1n) is 21.1. The third-order valence-electron chi connectivity index (χ3n) is 13.4. The number of aliphatic carboxylic acids is 1. The van der Waals surface area contributed by atoms with E-state index in [-0.39, 0.29) is 35.3 Å². The van der Waals surface area contributed by atoms with E-state index < -0.39 is 137 Å². The fourth-order valence-electron chi connectivity index (χ4n) is 10.0. The van der Waals surface area contributed by atoms with E-state index in [1.807, 2.05) is 0 Å². The number of nitrogens with one attached hydrogen (secondary N) is 1. The number of carboxylic acids is 1. The zero-order valence-corrected chi connectivity index (χ0v) is 36.9. The molecule has 2 bridgehead atoms. The molecule has 1 amide bonds. The second kappa shape index (κ2) is 18.3. The number of esters is 4. The summed E-state index contributed by atoms with van der Waals surface area (Å²) in [6, 6.07) is 13.7. The lowest BCUT2D eigenvalue weighted by Crippen LogP contribution is -2.81. The van der Waals surface area contributed by atoms with Crippen LogP contribution in [0.3, 0.4) is 0 Å². The molecule has 6 N–H and O–H groups in total. The number of rotatable bonds is 13. The number of fused-ring (bicyclic) bond motifs is 5. The first-order chi connectivity index (χ1) is 30.4. The molecule has 19 nitrogen and oxygen atoms in total. The molecule has 0 spiro atoms. The Bertz CT molecular complexity index is 2230. The van der Waals surface area contributed by atoms with Gasteiger partial charge in [0.1, 0.15) is 36.1 Å². The van der Waals surface area contributed by atoms with Crippen molar-refractivity contribution >= 4 is 41.7 Å². The molecule has 2 aromatic carbocycles. The van der Waals surface area contributed by atoms with Crippen molar-refractivity contribution < 1.29 is 87.5 Å². The van der Waals surface area contributed by atoms with Crippen LogP contribution in [0.5, 0.6) is 0 Å². The minimum Gasteiger partial charge on any atom is -0.479 e. The standard InChI is InChI=1S/C46H55NO18/c1-22(2)61-42(58)47-33(25-14-10-8-11-15-25)35(63-31(51)18-27(49)39(54)55)41(57)62-28-20-46(59)38(64-40(56)26-16-12-9-13-17-26)36-44(7,37(53)34(52)32(23(28)3)43(46,5)6)29(50)19-30-45(36,21-60-30)65-24(4)48/h8-17,22,27-30,33-36,38,49-50,52,59H,18-21H2,1-7H3,(H,47,58)(H,54,55)/t27-,28+,29+,30-,33?,34-,35-,36+,38+,44-,45+,46-/m1/s1. The second-order valence-corrected chi connectivity index (χ2v) is 18.0. The van der Waals surface area contributed by atoms with Gasteiger partial charge in [-0.1, -0.05) is 62.4 Å². The van der Waals surface area contributed by atoms with Gasteiger partial charge in [-0.15, -0.1) is 0 Å². The Balaban J connectivity index is 1.53. The molecular formula is C46H55NO18. The van der Waals surface area contributed by atoms with Gasteiger partial charge in [-0.05, 0) is 56.5 Å². The van der Waals surface area contributed by atoms with Crippen molar-refractivity contribution in [2.75, 3.05) is 6.61 Å². The molecule has 0 radical (unpaired) electrons. The fourth-order valence-corrected chi connectivity index (χ4v) is 10.0. The van der Waals surface area contributed by atoms with Crippen molar-refractivity contribution in [1.29, 1.82) is 0 Å². The number of aliphatic hydroxyl groups excluding tert-OH is 3. The van der Waals surface area contributed by atoms with Crippen LogP contribution in [-0.4, -0.2) is 134 Å². The molecule has 0 aromatic heterocycles. The summed E-state index contributed by atoms with van der Waals surface area (Å²) in [5.74, 6) is -9.01. The van der Waals surface area contributed by atoms with Gasteiger partial charge in [0.2, 0.25) is 6.10 Å². The normalized spacial score (nSPS) is 31.5. The third kappa shape index (κ3) is 8.74. The van der Waals surface area contributed by atoms with Crippen LogP contribution >= 0.6 is 0 Å². The molecule has 3 aliphatic carbocycles. The Morgan fingerprint density at radius 3 is 2.09 bits per heavy atom. The van der Waals surface area contributed by atoms with E-state index in [0.29, 0.717) is 0 Å². The Morgan fingerprint density at radius 2 is 1.54 bits per heavy atom. The molecule has 65 heavy (non-hydrogen) atoms. The maximum absolute atomic E-state index is 15.1. The molecule has 3 fully saturated rings. The van der Waals surface area contributed by atoms with Gasteiger partial charge in [0.05, 0.1) is 42.1 Å². The Hall–Kier alpha value is -5.73. The number of aliphatic hydroxyl groups is 4. The number of benzene rings is 2. The topological polar surface area (TPSA) is 288 Å². The van der Waals surface area contributed by atoms with Gasteiger partial charge in [-0.2, -0.15) is 0 Å². The molecule has 2 aromatic rings. The van der Waals surface area contributed by atoms with Gasteiger partial charge in [0.15, 0.2) is 17.5 Å². The molecule has 4 aliphatic rings. The zero-order valence-electron chi connectivity index (χ0n) is 36.9. The predicted molar refractivity (Wildman–Crippen MR) is 221 cm³/mol. The SMILES string of the molecule is CC(=O)O[C@@]12CO[C@@H]1C[C@H](O)[C@@]1(C)C(=O)[C@H](O)C3=C(C)[C@@H](OC(=O)[C@H](OC(=O)C[C@@H](O)C(=O)O)C(NC(=O)OC(C)C)c4ccccc4)C[C@@](O)([C@@H](OC(=O)c4ccccc4)[C@H]21)C3(C)C. The molecule has 352 valence electrons. The van der Waals surface area contributed by atoms with Gasteiger partial charge in [-0.3, -0.25) is 14.4 Å². The van der Waals surface area contributed by atoms with E-state index >= 15 is 4.79 Å². The Morgan fingerprint density at radius 1 is 0.923 bits per heavy atom. The lowest BCUT2D eigenvalue weighted by molar-refractivity contribution is -0.346. The molecule has 6 rings (SSSR count). The lowest BCUT2D eigenvalue weighted by atomic mass is 9.44. The molecule has 12 atom stereocenters. The Kier molecular flexibility index (Phi) is 13.7. The summed E-state index contributed by atoms with van der Waals surface area (Å²) in [5, 5.41) is 59.6. The highest BCUT2D eigenvalue weighted by atomic mass is 16.6. The number of ketones is 1. The van der Waals surface area contributed by atoms with Crippen LogP contribution in [0, 0.1) is 16.7 Å². The van der Waals surface area contributed by atoms with E-state index in [9.17, 15) is 54.3 Å². The van der Waals surface area contributed by atoms with Crippen LogP contribution in [0.1, 0.15) is 89.7 Å². The molecule has 1 saturated heterocycles. The highest BCUT2D eigenvalue weighted by Gasteiger charge is 2.78. The van der Waals surface area contributed by atoms with Crippen LogP contribution < -0.4 is 5.32 Å². The molecule has 1 aliphatic heterocycles. The van der Waals surface area contributed by atoms with E-state index in [1.54, 1.807) is 50.2 Å². The van der Waals surface area contributed by atoms with Crippen molar-refractivity contribution in [2.45, 2.75) is 134 Å². The van der Waals surface area contributed by atoms with Crippen molar-refractivity contribution in [2.24, 2.45) is 16.7 Å². The summed E-state index contributed by atoms with van der Waals surface area (Å²) >= 11 is 0. The number of alkyl carbamates (subject to hydrolysis) is 1. The Labute approximate surface area is 374 Å². The highest BCUT2D eigenvalue weighted by Crippen LogP contribution is 2.64. The van der Waals surface area contributed by atoms with Crippen molar-refractivity contribution in [3.63, 3.8) is 0 Å². The van der Waals surface area contributed by atoms with Crippen LogP contribution in [-0.2, 0) is 52.4 Å². The van der Waals surface area contributed by atoms with Gasteiger partial charge < -0.3 is 59.3 Å². The van der Waals surface area contributed by atoms with E-state index in [2.05, 4.69) is 5.32 Å². The second-order valence-electron chi connectivity index (χ2n) is 18.0. The summed E-state index contributed by atoms with van der Waals surface area (Å²) in [4.78, 5) is 94.9. The van der Waals surface area contributed by atoms with Crippen molar-refractivity contribution in [1.82, 2.24) is 5.32 Å². The first-order valence-corrected chi connectivity index (χ1v) is 21.1. The van der Waals surface area contributed by atoms with Gasteiger partial charge in [0.25, 0.3) is 0 Å². The maximum atomic E-state index is 15.1. The summed E-state index contributed by atoms with van der Waals surface area (Å²) in [6.45, 7) is 9.57. The van der Waals surface area contributed by atoms with E-state index in [4.69, 9.17) is 28.4 Å². The third-order valence-corrected chi connectivity index (χ3v) is 13.4. The van der Waals surface area contributed by atoms with Crippen LogP contribution in [0.25, 0.3) is 0 Å². The smallest absolute Gasteiger partial charge is 0.408 e. The number of hydrogen-bond donors (Lipinski definition) is 6. The molecule has 1 heterocycles. The summed E-state index contributed by atoms with van der Waals surface area (Å²) in [5.41, 5.74) is -8.13. The summed E-state index contributed by atoms with van der Waals surface area (Å²) in [6.07, 6.45) is -16.6. The molecule has 2 saturated carbocycles. The number of Topliss-reactive ketones (excluding diaryl/α,β-unsaturated/α-hetero) is 1. The molecule has 19 heteroatoms.